The largest absolute Gasteiger partial charge is 0.493 e. The molecular weight excluding hydrogens is 368 g/mol. The van der Waals surface area contributed by atoms with E-state index in [0.717, 1.165) is 6.26 Å². The number of halogens is 1. The van der Waals surface area contributed by atoms with Crippen molar-refractivity contribution in [3.8, 4) is 11.5 Å². The summed E-state index contributed by atoms with van der Waals surface area (Å²) < 4.78 is 33.8. The molecule has 1 fully saturated rings. The number of anilines is 1. The highest BCUT2D eigenvalue weighted by molar-refractivity contribution is 7.92. The van der Waals surface area contributed by atoms with E-state index in [0.29, 0.717) is 36.9 Å². The van der Waals surface area contributed by atoms with Crippen LogP contribution in [0.4, 0.5) is 5.69 Å². The highest BCUT2D eigenvalue weighted by atomic mass is 35.5. The second-order valence-electron chi connectivity index (χ2n) is 5.77. The highest BCUT2D eigenvalue weighted by Gasteiger charge is 2.48. The molecule has 1 saturated heterocycles. The van der Waals surface area contributed by atoms with Crippen LogP contribution in [-0.2, 0) is 14.6 Å². The van der Waals surface area contributed by atoms with Crippen molar-refractivity contribution < 1.29 is 22.7 Å². The fourth-order valence-corrected chi connectivity index (χ4v) is 4.20. The Morgan fingerprint density at radius 3 is 2.44 bits per heavy atom. The van der Waals surface area contributed by atoms with Gasteiger partial charge in [-0.15, -0.1) is 12.4 Å². The van der Waals surface area contributed by atoms with E-state index < -0.39 is 20.5 Å². The average Bonchev–Trinajstić information content (AvgIpc) is 2.56. The number of ether oxygens (including phenoxy) is 2. The SMILES string of the molecule is CCOc1ccc(NC(=O)C2(S(C)(=O)=O)CCNCC2)cc1OC.Cl. The van der Waals surface area contributed by atoms with Gasteiger partial charge in [-0.05, 0) is 45.0 Å². The van der Waals surface area contributed by atoms with Crippen molar-refractivity contribution in [2.45, 2.75) is 24.5 Å². The monoisotopic (exact) mass is 392 g/mol. The summed E-state index contributed by atoms with van der Waals surface area (Å²) >= 11 is 0. The molecule has 0 bridgehead atoms. The number of carbonyl (C=O) groups is 1. The Bertz CT molecular complexity index is 702. The Balaban J connectivity index is 0.00000312. The quantitative estimate of drug-likeness (QED) is 0.764. The predicted molar refractivity (Wildman–Crippen MR) is 99.7 cm³/mol. The van der Waals surface area contributed by atoms with Gasteiger partial charge in [0.25, 0.3) is 0 Å². The van der Waals surface area contributed by atoms with Crippen LogP contribution < -0.4 is 20.1 Å². The number of hydrogen-bond acceptors (Lipinski definition) is 6. The van der Waals surface area contributed by atoms with Crippen LogP contribution >= 0.6 is 12.4 Å². The van der Waals surface area contributed by atoms with Gasteiger partial charge in [0.15, 0.2) is 26.1 Å². The lowest BCUT2D eigenvalue weighted by atomic mass is 9.95. The molecule has 0 aliphatic carbocycles. The van der Waals surface area contributed by atoms with E-state index in [1.807, 2.05) is 6.92 Å². The predicted octanol–water partition coefficient (Wildman–Crippen LogP) is 1.62. The average molecular weight is 393 g/mol. The van der Waals surface area contributed by atoms with Gasteiger partial charge < -0.3 is 20.1 Å². The van der Waals surface area contributed by atoms with Crippen molar-refractivity contribution >= 4 is 33.8 Å². The zero-order valence-electron chi connectivity index (χ0n) is 14.6. The maximum Gasteiger partial charge on any atom is 0.245 e. The van der Waals surface area contributed by atoms with Crippen molar-refractivity contribution in [2.24, 2.45) is 0 Å². The smallest absolute Gasteiger partial charge is 0.245 e. The van der Waals surface area contributed by atoms with E-state index in [4.69, 9.17) is 9.47 Å². The third kappa shape index (κ3) is 4.56. The summed E-state index contributed by atoms with van der Waals surface area (Å²) in [5, 5.41) is 5.81. The summed E-state index contributed by atoms with van der Waals surface area (Å²) in [5.41, 5.74) is 0.474. The molecule has 2 N–H and O–H groups in total. The molecule has 0 aromatic heterocycles. The van der Waals surface area contributed by atoms with Crippen LogP contribution in [0.2, 0.25) is 0 Å². The van der Waals surface area contributed by atoms with Gasteiger partial charge in [-0.1, -0.05) is 0 Å². The van der Waals surface area contributed by atoms with Crippen LogP contribution in [0.5, 0.6) is 11.5 Å². The lowest BCUT2D eigenvalue weighted by Gasteiger charge is -2.34. The van der Waals surface area contributed by atoms with Gasteiger partial charge in [-0.3, -0.25) is 4.79 Å². The zero-order chi connectivity index (χ0) is 17.8. The van der Waals surface area contributed by atoms with Gasteiger partial charge in [-0.25, -0.2) is 8.42 Å². The summed E-state index contributed by atoms with van der Waals surface area (Å²) in [6.45, 7) is 3.34. The molecule has 0 saturated carbocycles. The van der Waals surface area contributed by atoms with E-state index in [-0.39, 0.29) is 25.2 Å². The fourth-order valence-electron chi connectivity index (χ4n) is 2.86. The number of sulfone groups is 1. The first kappa shape index (κ1) is 21.5. The molecule has 1 aliphatic rings. The van der Waals surface area contributed by atoms with E-state index in [9.17, 15) is 13.2 Å². The standard InChI is InChI=1S/C16H24N2O5S.ClH/c1-4-23-13-6-5-12(11-14(13)22-2)18-15(19)16(24(3,20)21)7-9-17-10-8-16;/h5-6,11,17H,4,7-10H2,1-3H3,(H,18,19);1H. The minimum absolute atomic E-state index is 0. The molecule has 0 radical (unpaired) electrons. The molecular formula is C16H25ClN2O5S. The van der Waals surface area contributed by atoms with Gasteiger partial charge in [0.05, 0.1) is 13.7 Å². The number of benzene rings is 1. The molecule has 1 aromatic carbocycles. The molecule has 0 atom stereocenters. The molecule has 1 aromatic rings. The van der Waals surface area contributed by atoms with Crippen LogP contribution in [0.3, 0.4) is 0 Å². The Hall–Kier alpha value is -1.51. The number of hydrogen-bond donors (Lipinski definition) is 2. The van der Waals surface area contributed by atoms with Gasteiger partial charge in [0, 0.05) is 18.0 Å². The van der Waals surface area contributed by atoms with E-state index >= 15 is 0 Å². The van der Waals surface area contributed by atoms with Crippen LogP contribution in [0.1, 0.15) is 19.8 Å². The lowest BCUT2D eigenvalue weighted by Crippen LogP contribution is -2.55. The molecule has 9 heteroatoms. The maximum absolute atomic E-state index is 12.8. The first-order valence-corrected chi connectivity index (χ1v) is 9.76. The number of nitrogens with one attached hydrogen (secondary N) is 2. The van der Waals surface area contributed by atoms with Gasteiger partial charge in [0.1, 0.15) is 0 Å². The molecule has 2 rings (SSSR count). The van der Waals surface area contributed by atoms with Crippen molar-refractivity contribution in [3.05, 3.63) is 18.2 Å². The molecule has 0 spiro atoms. The normalized spacial score (nSPS) is 16.4. The number of rotatable bonds is 6. The van der Waals surface area contributed by atoms with Crippen molar-refractivity contribution in [1.82, 2.24) is 5.32 Å². The lowest BCUT2D eigenvalue weighted by molar-refractivity contribution is -0.119. The van der Waals surface area contributed by atoms with Crippen molar-refractivity contribution in [3.63, 3.8) is 0 Å². The van der Waals surface area contributed by atoms with Crippen LogP contribution in [-0.4, -0.2) is 52.1 Å². The molecule has 25 heavy (non-hydrogen) atoms. The molecule has 0 unspecified atom stereocenters. The maximum atomic E-state index is 12.8. The first-order chi connectivity index (χ1) is 11.3. The fraction of sp³-hybridized carbons (Fsp3) is 0.562. The highest BCUT2D eigenvalue weighted by Crippen LogP contribution is 2.33. The number of amides is 1. The number of carbonyl (C=O) groups excluding carboxylic acids is 1. The minimum Gasteiger partial charge on any atom is -0.493 e. The topological polar surface area (TPSA) is 93.7 Å². The number of methoxy groups -OCH3 is 1. The molecule has 1 heterocycles. The van der Waals surface area contributed by atoms with Crippen molar-refractivity contribution in [1.29, 1.82) is 0 Å². The third-order valence-electron chi connectivity index (χ3n) is 4.26. The Morgan fingerprint density at radius 2 is 1.92 bits per heavy atom. The van der Waals surface area contributed by atoms with E-state index in [2.05, 4.69) is 10.6 Å². The van der Waals surface area contributed by atoms with E-state index in [1.54, 1.807) is 18.2 Å². The van der Waals surface area contributed by atoms with Crippen LogP contribution in [0, 0.1) is 0 Å². The summed E-state index contributed by atoms with van der Waals surface area (Å²) in [4.78, 5) is 12.8. The first-order valence-electron chi connectivity index (χ1n) is 7.86. The molecule has 142 valence electrons. The van der Waals surface area contributed by atoms with Crippen LogP contribution in [0.15, 0.2) is 18.2 Å². The van der Waals surface area contributed by atoms with E-state index in [1.165, 1.54) is 7.11 Å². The Labute approximate surface area is 154 Å². The second kappa shape index (κ2) is 8.73. The second-order valence-corrected chi connectivity index (χ2v) is 8.10. The van der Waals surface area contributed by atoms with Gasteiger partial charge >= 0.3 is 0 Å². The zero-order valence-corrected chi connectivity index (χ0v) is 16.3. The molecule has 1 amide bonds. The van der Waals surface area contributed by atoms with Crippen molar-refractivity contribution in [2.75, 3.05) is 38.4 Å². The Morgan fingerprint density at radius 1 is 1.28 bits per heavy atom. The summed E-state index contributed by atoms with van der Waals surface area (Å²) in [7, 11) is -2.04. The number of piperidine rings is 1. The summed E-state index contributed by atoms with van der Waals surface area (Å²) in [6.07, 6.45) is 1.63. The van der Waals surface area contributed by atoms with Gasteiger partial charge in [-0.2, -0.15) is 0 Å². The molecule has 1 aliphatic heterocycles. The van der Waals surface area contributed by atoms with Gasteiger partial charge in [0.2, 0.25) is 5.91 Å². The minimum atomic E-state index is -3.55. The summed E-state index contributed by atoms with van der Waals surface area (Å²) in [5.74, 6) is 0.545. The molecule has 7 nitrogen and oxygen atoms in total. The third-order valence-corrected chi connectivity index (χ3v) is 6.27. The summed E-state index contributed by atoms with van der Waals surface area (Å²) in [6, 6.07) is 4.98. The van der Waals surface area contributed by atoms with Crippen LogP contribution in [0.25, 0.3) is 0 Å². The Kier molecular flexibility index (Phi) is 7.52.